The van der Waals surface area contributed by atoms with Gasteiger partial charge in [-0.1, -0.05) is 68.1 Å². The van der Waals surface area contributed by atoms with E-state index in [1.165, 1.54) is 42.0 Å². The second-order valence-electron chi connectivity index (χ2n) is 6.31. The SMILES string of the molecule is OC(CNCc1cccc2ccccc12)CC1CCCC1. The number of hydrogen-bond acceptors (Lipinski definition) is 2. The molecule has 2 N–H and O–H groups in total. The van der Waals surface area contributed by atoms with Gasteiger partial charge in [0.15, 0.2) is 0 Å². The van der Waals surface area contributed by atoms with E-state index in [4.69, 9.17) is 0 Å². The van der Waals surface area contributed by atoms with Gasteiger partial charge in [0.25, 0.3) is 0 Å². The highest BCUT2D eigenvalue weighted by molar-refractivity contribution is 5.85. The molecule has 2 heteroatoms. The molecule has 1 saturated carbocycles. The van der Waals surface area contributed by atoms with Gasteiger partial charge in [0, 0.05) is 13.1 Å². The molecule has 0 aromatic heterocycles. The first-order valence-electron chi connectivity index (χ1n) is 8.18. The van der Waals surface area contributed by atoms with Gasteiger partial charge in [-0.2, -0.15) is 0 Å². The lowest BCUT2D eigenvalue weighted by atomic mass is 10.00. The van der Waals surface area contributed by atoms with Crippen molar-refractivity contribution >= 4 is 10.8 Å². The van der Waals surface area contributed by atoms with Gasteiger partial charge in [0.2, 0.25) is 0 Å². The second-order valence-corrected chi connectivity index (χ2v) is 6.31. The van der Waals surface area contributed by atoms with Crippen molar-refractivity contribution in [2.24, 2.45) is 5.92 Å². The summed E-state index contributed by atoms with van der Waals surface area (Å²) in [5, 5.41) is 16.1. The number of hydrogen-bond donors (Lipinski definition) is 2. The first-order chi connectivity index (χ1) is 10.3. The molecule has 1 unspecified atom stereocenters. The van der Waals surface area contributed by atoms with E-state index in [1.54, 1.807) is 0 Å². The second kappa shape index (κ2) is 7.06. The third-order valence-electron chi connectivity index (χ3n) is 4.66. The Balaban J connectivity index is 1.52. The van der Waals surface area contributed by atoms with E-state index < -0.39 is 0 Å². The largest absolute Gasteiger partial charge is 0.392 e. The summed E-state index contributed by atoms with van der Waals surface area (Å²) < 4.78 is 0. The van der Waals surface area contributed by atoms with Crippen LogP contribution in [0.5, 0.6) is 0 Å². The molecule has 3 rings (SSSR count). The summed E-state index contributed by atoms with van der Waals surface area (Å²) in [4.78, 5) is 0. The molecule has 2 nitrogen and oxygen atoms in total. The van der Waals surface area contributed by atoms with Crippen molar-refractivity contribution in [1.29, 1.82) is 0 Å². The Morgan fingerprint density at radius 2 is 1.81 bits per heavy atom. The van der Waals surface area contributed by atoms with Crippen LogP contribution in [0.1, 0.15) is 37.7 Å². The average molecular weight is 283 g/mol. The zero-order chi connectivity index (χ0) is 14.5. The lowest BCUT2D eigenvalue weighted by molar-refractivity contribution is 0.140. The Bertz CT molecular complexity index is 569. The topological polar surface area (TPSA) is 32.3 Å². The van der Waals surface area contributed by atoms with Gasteiger partial charge in [-0.3, -0.25) is 0 Å². The van der Waals surface area contributed by atoms with Gasteiger partial charge in [0.1, 0.15) is 0 Å². The third kappa shape index (κ3) is 3.84. The van der Waals surface area contributed by atoms with Crippen LogP contribution in [-0.4, -0.2) is 17.8 Å². The summed E-state index contributed by atoms with van der Waals surface area (Å²) in [7, 11) is 0. The summed E-state index contributed by atoms with van der Waals surface area (Å²) in [5.74, 6) is 0.749. The van der Waals surface area contributed by atoms with Crippen LogP contribution in [-0.2, 0) is 6.54 Å². The molecule has 0 aliphatic heterocycles. The third-order valence-corrected chi connectivity index (χ3v) is 4.66. The van der Waals surface area contributed by atoms with Gasteiger partial charge in [-0.05, 0) is 28.7 Å². The number of rotatable bonds is 6. The van der Waals surface area contributed by atoms with Crippen molar-refractivity contribution in [3.05, 3.63) is 48.0 Å². The first-order valence-corrected chi connectivity index (χ1v) is 8.18. The van der Waals surface area contributed by atoms with Crippen LogP contribution >= 0.6 is 0 Å². The molecule has 0 radical (unpaired) electrons. The van der Waals surface area contributed by atoms with Crippen LogP contribution in [0.25, 0.3) is 10.8 Å². The van der Waals surface area contributed by atoms with Crippen LogP contribution in [0.15, 0.2) is 42.5 Å². The van der Waals surface area contributed by atoms with E-state index in [2.05, 4.69) is 47.8 Å². The van der Waals surface area contributed by atoms with E-state index in [0.29, 0.717) is 6.54 Å². The zero-order valence-corrected chi connectivity index (χ0v) is 12.6. The molecule has 1 aliphatic carbocycles. The van der Waals surface area contributed by atoms with Gasteiger partial charge in [-0.25, -0.2) is 0 Å². The summed E-state index contributed by atoms with van der Waals surface area (Å²) >= 11 is 0. The molecule has 0 amide bonds. The summed E-state index contributed by atoms with van der Waals surface area (Å²) in [6.07, 6.45) is 6.06. The fraction of sp³-hybridized carbons (Fsp3) is 0.474. The highest BCUT2D eigenvalue weighted by Crippen LogP contribution is 2.28. The fourth-order valence-electron chi connectivity index (χ4n) is 3.53. The van der Waals surface area contributed by atoms with E-state index >= 15 is 0 Å². The number of aliphatic hydroxyl groups is 1. The minimum Gasteiger partial charge on any atom is -0.392 e. The van der Waals surface area contributed by atoms with Crippen LogP contribution < -0.4 is 5.32 Å². The van der Waals surface area contributed by atoms with E-state index in [0.717, 1.165) is 18.9 Å². The molecule has 1 atom stereocenters. The normalized spacial score (nSPS) is 17.4. The van der Waals surface area contributed by atoms with Crippen molar-refractivity contribution in [1.82, 2.24) is 5.32 Å². The monoisotopic (exact) mass is 283 g/mol. The summed E-state index contributed by atoms with van der Waals surface area (Å²) in [5.41, 5.74) is 1.31. The molecule has 1 aliphatic rings. The van der Waals surface area contributed by atoms with Crippen LogP contribution in [0, 0.1) is 5.92 Å². The molecule has 2 aromatic carbocycles. The smallest absolute Gasteiger partial charge is 0.0667 e. The lowest BCUT2D eigenvalue weighted by Gasteiger charge is -2.16. The molecule has 2 aromatic rings. The number of nitrogens with one attached hydrogen (secondary N) is 1. The fourth-order valence-corrected chi connectivity index (χ4v) is 3.53. The maximum absolute atomic E-state index is 10.1. The van der Waals surface area contributed by atoms with Crippen molar-refractivity contribution in [3.63, 3.8) is 0 Å². The molecule has 1 fully saturated rings. The summed E-state index contributed by atoms with van der Waals surface area (Å²) in [6.45, 7) is 1.52. The Morgan fingerprint density at radius 1 is 1.05 bits per heavy atom. The lowest BCUT2D eigenvalue weighted by Crippen LogP contribution is -2.28. The van der Waals surface area contributed by atoms with Crippen molar-refractivity contribution in [2.45, 2.75) is 44.8 Å². The van der Waals surface area contributed by atoms with Gasteiger partial charge in [-0.15, -0.1) is 0 Å². The predicted molar refractivity (Wildman–Crippen MR) is 88.2 cm³/mol. The predicted octanol–water partition coefficient (Wildman–Crippen LogP) is 3.87. The quantitative estimate of drug-likeness (QED) is 0.843. The zero-order valence-electron chi connectivity index (χ0n) is 12.6. The maximum Gasteiger partial charge on any atom is 0.0667 e. The molecule has 0 heterocycles. The molecule has 0 bridgehead atoms. The highest BCUT2D eigenvalue weighted by atomic mass is 16.3. The Kier molecular flexibility index (Phi) is 4.89. The van der Waals surface area contributed by atoms with Gasteiger partial charge < -0.3 is 10.4 Å². The molecular weight excluding hydrogens is 258 g/mol. The number of benzene rings is 2. The van der Waals surface area contributed by atoms with Gasteiger partial charge in [0.05, 0.1) is 6.10 Å². The van der Waals surface area contributed by atoms with E-state index in [9.17, 15) is 5.11 Å². The van der Waals surface area contributed by atoms with Crippen molar-refractivity contribution < 1.29 is 5.11 Å². The minimum atomic E-state index is -0.205. The Morgan fingerprint density at radius 3 is 2.67 bits per heavy atom. The van der Waals surface area contributed by atoms with Crippen LogP contribution in [0.4, 0.5) is 0 Å². The standard InChI is InChI=1S/C19H25NO/c21-18(12-15-6-1-2-7-15)14-20-13-17-10-5-9-16-8-3-4-11-19(16)17/h3-5,8-11,15,18,20-21H,1-2,6-7,12-14H2. The average Bonchev–Trinajstić information content (AvgIpc) is 3.00. The molecule has 0 saturated heterocycles. The van der Waals surface area contributed by atoms with Crippen molar-refractivity contribution in [3.8, 4) is 0 Å². The molecule has 21 heavy (non-hydrogen) atoms. The number of aliphatic hydroxyl groups excluding tert-OH is 1. The van der Waals surface area contributed by atoms with Crippen molar-refractivity contribution in [2.75, 3.05) is 6.54 Å². The minimum absolute atomic E-state index is 0.205. The van der Waals surface area contributed by atoms with Crippen LogP contribution in [0.2, 0.25) is 0 Å². The molecular formula is C19H25NO. The van der Waals surface area contributed by atoms with E-state index in [1.807, 2.05) is 0 Å². The number of fused-ring (bicyclic) bond motifs is 1. The highest BCUT2D eigenvalue weighted by Gasteiger charge is 2.18. The maximum atomic E-state index is 10.1. The molecule has 112 valence electrons. The van der Waals surface area contributed by atoms with E-state index in [-0.39, 0.29) is 6.10 Å². The first kappa shape index (κ1) is 14.6. The summed E-state index contributed by atoms with van der Waals surface area (Å²) in [6, 6.07) is 14.9. The molecule has 0 spiro atoms. The van der Waals surface area contributed by atoms with Crippen LogP contribution in [0.3, 0.4) is 0 Å². The Labute approximate surface area is 127 Å². The van der Waals surface area contributed by atoms with Gasteiger partial charge >= 0.3 is 0 Å². The Hall–Kier alpha value is -1.38.